The Hall–Kier alpha value is -1.07. The summed E-state index contributed by atoms with van der Waals surface area (Å²) in [5, 5.41) is 0. The van der Waals surface area contributed by atoms with Crippen LogP contribution in [0.4, 0.5) is 5.69 Å². The van der Waals surface area contributed by atoms with Gasteiger partial charge in [-0.2, -0.15) is 0 Å². The minimum Gasteiger partial charge on any atom is -0.367 e. The molecular formula is C13H20N2O2S. The fourth-order valence-corrected chi connectivity index (χ4v) is 3.20. The van der Waals surface area contributed by atoms with Crippen molar-refractivity contribution in [2.24, 2.45) is 11.7 Å². The summed E-state index contributed by atoms with van der Waals surface area (Å²) in [6.07, 6.45) is 2.36. The van der Waals surface area contributed by atoms with Gasteiger partial charge >= 0.3 is 0 Å². The molecule has 0 radical (unpaired) electrons. The van der Waals surface area contributed by atoms with Gasteiger partial charge in [0.1, 0.15) is 0 Å². The summed E-state index contributed by atoms with van der Waals surface area (Å²) in [6, 6.07) is 7.44. The molecule has 5 heteroatoms. The van der Waals surface area contributed by atoms with Crippen molar-refractivity contribution in [1.29, 1.82) is 0 Å². The molecule has 0 saturated carbocycles. The Morgan fingerprint density at radius 3 is 2.44 bits per heavy atom. The quantitative estimate of drug-likeness (QED) is 0.896. The van der Waals surface area contributed by atoms with Gasteiger partial charge in [0.2, 0.25) is 0 Å². The Kier molecular flexibility index (Phi) is 3.64. The number of anilines is 1. The van der Waals surface area contributed by atoms with Crippen molar-refractivity contribution in [1.82, 2.24) is 0 Å². The largest absolute Gasteiger partial charge is 0.367 e. The van der Waals surface area contributed by atoms with Crippen LogP contribution in [0.25, 0.3) is 0 Å². The smallest absolute Gasteiger partial charge is 0.175 e. The van der Waals surface area contributed by atoms with E-state index < -0.39 is 9.84 Å². The zero-order chi connectivity index (χ0) is 13.3. The lowest BCUT2D eigenvalue weighted by Gasteiger charge is -2.27. The van der Waals surface area contributed by atoms with Gasteiger partial charge in [-0.25, -0.2) is 8.42 Å². The van der Waals surface area contributed by atoms with Crippen molar-refractivity contribution >= 4 is 15.5 Å². The minimum absolute atomic E-state index is 0.356. The lowest BCUT2D eigenvalue weighted by Crippen LogP contribution is -2.38. The molecule has 0 aromatic heterocycles. The summed E-state index contributed by atoms with van der Waals surface area (Å²) < 4.78 is 22.8. The Labute approximate surface area is 109 Å². The average Bonchev–Trinajstić information content (AvgIpc) is 2.69. The second-order valence-corrected chi connectivity index (χ2v) is 7.04. The first-order chi connectivity index (χ1) is 8.43. The first-order valence-electron chi connectivity index (χ1n) is 6.20. The fourth-order valence-electron chi connectivity index (χ4n) is 2.57. The van der Waals surface area contributed by atoms with E-state index in [-0.39, 0.29) is 0 Å². The van der Waals surface area contributed by atoms with Crippen molar-refractivity contribution in [2.45, 2.75) is 24.3 Å². The number of benzene rings is 1. The van der Waals surface area contributed by atoms with Gasteiger partial charge in [-0.15, -0.1) is 0 Å². The number of hydrogen-bond acceptors (Lipinski definition) is 4. The van der Waals surface area contributed by atoms with Crippen molar-refractivity contribution in [3.05, 3.63) is 24.3 Å². The van der Waals surface area contributed by atoms with E-state index in [9.17, 15) is 8.42 Å². The van der Waals surface area contributed by atoms with Gasteiger partial charge in [0, 0.05) is 31.1 Å². The van der Waals surface area contributed by atoms with Crippen LogP contribution in [0.2, 0.25) is 0 Å². The fraction of sp³-hybridized carbons (Fsp3) is 0.538. The van der Waals surface area contributed by atoms with Gasteiger partial charge in [0.25, 0.3) is 0 Å². The zero-order valence-corrected chi connectivity index (χ0v) is 11.7. The maximum absolute atomic E-state index is 11.4. The predicted molar refractivity (Wildman–Crippen MR) is 73.5 cm³/mol. The van der Waals surface area contributed by atoms with Gasteiger partial charge in [-0.1, -0.05) is 6.92 Å². The summed E-state index contributed by atoms with van der Waals surface area (Å²) in [5.41, 5.74) is 6.87. The van der Waals surface area contributed by atoms with E-state index in [4.69, 9.17) is 5.73 Å². The third-order valence-corrected chi connectivity index (χ3v) is 4.85. The number of sulfone groups is 1. The molecule has 1 saturated heterocycles. The first kappa shape index (κ1) is 13.4. The summed E-state index contributed by atoms with van der Waals surface area (Å²) in [6.45, 7) is 3.83. The summed E-state index contributed by atoms with van der Waals surface area (Å²) in [5.74, 6) is 0.588. The molecule has 1 aromatic rings. The molecule has 1 heterocycles. The Bertz CT molecular complexity index is 510. The van der Waals surface area contributed by atoms with Gasteiger partial charge in [0.05, 0.1) is 4.90 Å². The molecule has 2 rings (SSSR count). The zero-order valence-electron chi connectivity index (χ0n) is 10.8. The lowest BCUT2D eigenvalue weighted by atomic mass is 10.0. The molecule has 0 spiro atoms. The van der Waals surface area contributed by atoms with E-state index in [1.165, 1.54) is 6.26 Å². The van der Waals surface area contributed by atoms with Crippen LogP contribution in [0.5, 0.6) is 0 Å². The molecular weight excluding hydrogens is 248 g/mol. The molecule has 2 atom stereocenters. The highest BCUT2D eigenvalue weighted by molar-refractivity contribution is 7.90. The number of hydrogen-bond donors (Lipinski definition) is 1. The topological polar surface area (TPSA) is 63.4 Å². The van der Waals surface area contributed by atoms with Crippen LogP contribution in [0, 0.1) is 5.92 Å². The molecule has 0 amide bonds. The molecule has 100 valence electrons. The second kappa shape index (κ2) is 4.90. The Morgan fingerprint density at radius 2 is 1.94 bits per heavy atom. The normalized spacial score (nSPS) is 24.5. The van der Waals surface area contributed by atoms with Crippen molar-refractivity contribution in [3.63, 3.8) is 0 Å². The molecule has 1 aliphatic rings. The highest BCUT2D eigenvalue weighted by atomic mass is 32.2. The summed E-state index contributed by atoms with van der Waals surface area (Å²) in [7, 11) is -3.12. The van der Waals surface area contributed by atoms with Crippen LogP contribution in [0.3, 0.4) is 0 Å². The number of nitrogens with two attached hydrogens (primary N) is 1. The molecule has 18 heavy (non-hydrogen) atoms. The number of rotatable bonds is 3. The van der Waals surface area contributed by atoms with Gasteiger partial charge in [-0.05, 0) is 36.6 Å². The van der Waals surface area contributed by atoms with Crippen molar-refractivity contribution < 1.29 is 8.42 Å². The molecule has 2 N–H and O–H groups in total. The molecule has 1 aliphatic heterocycles. The van der Waals surface area contributed by atoms with Crippen LogP contribution in [0.1, 0.15) is 13.3 Å². The Balaban J connectivity index is 2.25. The molecule has 0 bridgehead atoms. The summed E-state index contributed by atoms with van der Waals surface area (Å²) in [4.78, 5) is 2.64. The van der Waals surface area contributed by atoms with E-state index in [1.54, 1.807) is 12.1 Å². The van der Waals surface area contributed by atoms with Crippen molar-refractivity contribution in [2.75, 3.05) is 24.2 Å². The average molecular weight is 268 g/mol. The maximum atomic E-state index is 11.4. The van der Waals surface area contributed by atoms with E-state index >= 15 is 0 Å². The SMILES string of the molecule is CC1CCN(c2ccc(S(C)(=O)=O)cc2)C1CN. The van der Waals surface area contributed by atoms with Crippen LogP contribution >= 0.6 is 0 Å². The second-order valence-electron chi connectivity index (χ2n) is 5.03. The summed E-state index contributed by atoms with van der Waals surface area (Å²) >= 11 is 0. The highest BCUT2D eigenvalue weighted by Crippen LogP contribution is 2.29. The molecule has 1 fully saturated rings. The third kappa shape index (κ3) is 2.52. The number of nitrogens with zero attached hydrogens (tertiary/aromatic N) is 1. The van der Waals surface area contributed by atoms with Gasteiger partial charge < -0.3 is 10.6 Å². The Morgan fingerprint density at radius 1 is 1.33 bits per heavy atom. The van der Waals surface area contributed by atoms with E-state index in [1.807, 2.05) is 12.1 Å². The first-order valence-corrected chi connectivity index (χ1v) is 8.09. The van der Waals surface area contributed by atoms with E-state index in [0.29, 0.717) is 23.4 Å². The molecule has 0 aliphatic carbocycles. The standard InChI is InChI=1S/C13H20N2O2S/c1-10-7-8-15(13(10)9-14)11-3-5-12(6-4-11)18(2,16)17/h3-6,10,13H,7-9,14H2,1-2H3. The lowest BCUT2D eigenvalue weighted by molar-refractivity contribution is 0.519. The molecule has 1 aromatic carbocycles. The molecule has 4 nitrogen and oxygen atoms in total. The maximum Gasteiger partial charge on any atom is 0.175 e. The van der Waals surface area contributed by atoms with Gasteiger partial charge in [0.15, 0.2) is 9.84 Å². The van der Waals surface area contributed by atoms with E-state index in [2.05, 4.69) is 11.8 Å². The van der Waals surface area contributed by atoms with Crippen LogP contribution < -0.4 is 10.6 Å². The van der Waals surface area contributed by atoms with Crippen molar-refractivity contribution in [3.8, 4) is 0 Å². The van der Waals surface area contributed by atoms with Crippen LogP contribution in [-0.4, -0.2) is 33.8 Å². The minimum atomic E-state index is -3.12. The van der Waals surface area contributed by atoms with Crippen LogP contribution in [-0.2, 0) is 9.84 Å². The van der Waals surface area contributed by atoms with E-state index in [0.717, 1.165) is 18.7 Å². The third-order valence-electron chi connectivity index (χ3n) is 3.72. The van der Waals surface area contributed by atoms with Crippen LogP contribution in [0.15, 0.2) is 29.2 Å². The highest BCUT2D eigenvalue weighted by Gasteiger charge is 2.30. The van der Waals surface area contributed by atoms with Gasteiger partial charge in [-0.3, -0.25) is 0 Å². The molecule has 2 unspecified atom stereocenters. The predicted octanol–water partition coefficient (Wildman–Crippen LogP) is 1.26. The monoisotopic (exact) mass is 268 g/mol.